The van der Waals surface area contributed by atoms with Crippen LogP contribution in [0.1, 0.15) is 60.8 Å². The van der Waals surface area contributed by atoms with Gasteiger partial charge in [0.05, 0.1) is 0 Å². The van der Waals surface area contributed by atoms with E-state index in [9.17, 15) is 0 Å². The standard InChI is InChI=1S/C14H32N2/c1-7-8-9-10-16(13(4)5)14(6)11-15-12(2)3/h12-15H,7-11H2,1-6H3. The van der Waals surface area contributed by atoms with Crippen molar-refractivity contribution in [2.45, 2.75) is 78.9 Å². The highest BCUT2D eigenvalue weighted by Gasteiger charge is 2.16. The third kappa shape index (κ3) is 7.24. The molecule has 98 valence electrons. The van der Waals surface area contributed by atoms with Gasteiger partial charge in [0.2, 0.25) is 0 Å². The van der Waals surface area contributed by atoms with Crippen molar-refractivity contribution in [1.29, 1.82) is 0 Å². The number of nitrogens with one attached hydrogen (secondary N) is 1. The Hall–Kier alpha value is -0.0800. The Balaban J connectivity index is 3.97. The second-order valence-corrected chi connectivity index (χ2v) is 5.45. The first-order chi connectivity index (χ1) is 7.49. The molecule has 1 unspecified atom stereocenters. The molecule has 0 radical (unpaired) electrons. The summed E-state index contributed by atoms with van der Waals surface area (Å²) in [7, 11) is 0. The monoisotopic (exact) mass is 228 g/mol. The highest BCUT2D eigenvalue weighted by molar-refractivity contribution is 4.73. The third-order valence-corrected chi connectivity index (χ3v) is 3.07. The summed E-state index contributed by atoms with van der Waals surface area (Å²) in [5, 5.41) is 3.53. The fourth-order valence-corrected chi connectivity index (χ4v) is 2.06. The average Bonchev–Trinajstić information content (AvgIpc) is 2.20. The van der Waals surface area contributed by atoms with Gasteiger partial charge in [-0.3, -0.25) is 4.90 Å². The molecule has 2 heteroatoms. The van der Waals surface area contributed by atoms with E-state index >= 15 is 0 Å². The predicted octanol–water partition coefficient (Wildman–Crippen LogP) is 3.27. The summed E-state index contributed by atoms with van der Waals surface area (Å²) in [6.45, 7) is 16.0. The molecule has 0 amide bonds. The van der Waals surface area contributed by atoms with Crippen LogP contribution in [0.15, 0.2) is 0 Å². The molecule has 0 saturated carbocycles. The molecule has 0 rings (SSSR count). The molecule has 1 atom stereocenters. The zero-order valence-electron chi connectivity index (χ0n) is 12.2. The van der Waals surface area contributed by atoms with Gasteiger partial charge in [-0.25, -0.2) is 0 Å². The Kier molecular flexibility index (Phi) is 8.96. The molecule has 0 bridgehead atoms. The molecule has 0 aromatic heterocycles. The number of hydrogen-bond acceptors (Lipinski definition) is 2. The van der Waals surface area contributed by atoms with Crippen LogP contribution in [0.5, 0.6) is 0 Å². The van der Waals surface area contributed by atoms with Gasteiger partial charge in [0.25, 0.3) is 0 Å². The SMILES string of the molecule is CCCCCN(C(C)C)C(C)CNC(C)C. The van der Waals surface area contributed by atoms with Crippen LogP contribution in [0.3, 0.4) is 0 Å². The van der Waals surface area contributed by atoms with Crippen molar-refractivity contribution in [2.24, 2.45) is 0 Å². The minimum atomic E-state index is 0.590. The molecule has 0 aliphatic rings. The van der Waals surface area contributed by atoms with Gasteiger partial charge in [-0.1, -0.05) is 33.6 Å². The van der Waals surface area contributed by atoms with Crippen LogP contribution >= 0.6 is 0 Å². The van der Waals surface area contributed by atoms with E-state index in [1.807, 2.05) is 0 Å². The van der Waals surface area contributed by atoms with Gasteiger partial charge in [0, 0.05) is 24.7 Å². The fourth-order valence-electron chi connectivity index (χ4n) is 2.06. The van der Waals surface area contributed by atoms with Crippen molar-refractivity contribution < 1.29 is 0 Å². The molecule has 0 saturated heterocycles. The van der Waals surface area contributed by atoms with E-state index in [0.29, 0.717) is 18.1 Å². The highest BCUT2D eigenvalue weighted by atomic mass is 15.2. The van der Waals surface area contributed by atoms with E-state index in [-0.39, 0.29) is 0 Å². The number of nitrogens with zero attached hydrogens (tertiary/aromatic N) is 1. The first-order valence-corrected chi connectivity index (χ1v) is 6.98. The minimum absolute atomic E-state index is 0.590. The maximum Gasteiger partial charge on any atom is 0.0195 e. The van der Waals surface area contributed by atoms with Gasteiger partial charge in [-0.2, -0.15) is 0 Å². The quantitative estimate of drug-likeness (QED) is 0.609. The molecular weight excluding hydrogens is 196 g/mol. The van der Waals surface area contributed by atoms with Crippen LogP contribution in [0.2, 0.25) is 0 Å². The van der Waals surface area contributed by atoms with Gasteiger partial charge in [0.15, 0.2) is 0 Å². The Morgan fingerprint density at radius 2 is 1.62 bits per heavy atom. The molecule has 2 nitrogen and oxygen atoms in total. The Morgan fingerprint density at radius 3 is 2.06 bits per heavy atom. The summed E-state index contributed by atoms with van der Waals surface area (Å²) in [5.74, 6) is 0. The summed E-state index contributed by atoms with van der Waals surface area (Å²) in [6.07, 6.45) is 4.00. The third-order valence-electron chi connectivity index (χ3n) is 3.07. The van der Waals surface area contributed by atoms with Crippen LogP contribution in [0.4, 0.5) is 0 Å². The first-order valence-electron chi connectivity index (χ1n) is 6.98. The fraction of sp³-hybridized carbons (Fsp3) is 1.00. The minimum Gasteiger partial charge on any atom is -0.313 e. The van der Waals surface area contributed by atoms with Gasteiger partial charge in [-0.15, -0.1) is 0 Å². The van der Waals surface area contributed by atoms with Gasteiger partial charge in [0.1, 0.15) is 0 Å². The molecule has 0 fully saturated rings. The van der Waals surface area contributed by atoms with Crippen molar-refractivity contribution in [3.63, 3.8) is 0 Å². The van der Waals surface area contributed by atoms with Gasteiger partial charge in [-0.05, 0) is 33.7 Å². The summed E-state index contributed by atoms with van der Waals surface area (Å²) in [5.41, 5.74) is 0. The van der Waals surface area contributed by atoms with E-state index in [1.54, 1.807) is 0 Å². The van der Waals surface area contributed by atoms with Crippen LogP contribution in [0.25, 0.3) is 0 Å². The zero-order chi connectivity index (χ0) is 12.6. The smallest absolute Gasteiger partial charge is 0.0195 e. The summed E-state index contributed by atoms with van der Waals surface area (Å²) < 4.78 is 0. The van der Waals surface area contributed by atoms with E-state index in [1.165, 1.54) is 25.8 Å². The molecule has 16 heavy (non-hydrogen) atoms. The first kappa shape index (κ1) is 15.9. The van der Waals surface area contributed by atoms with Crippen molar-refractivity contribution in [3.05, 3.63) is 0 Å². The van der Waals surface area contributed by atoms with Crippen molar-refractivity contribution in [3.8, 4) is 0 Å². The second kappa shape index (κ2) is 9.00. The molecule has 0 aromatic carbocycles. The average molecular weight is 228 g/mol. The lowest BCUT2D eigenvalue weighted by Crippen LogP contribution is -2.45. The maximum absolute atomic E-state index is 3.53. The molecule has 1 N–H and O–H groups in total. The molecule has 0 aromatic rings. The summed E-state index contributed by atoms with van der Waals surface area (Å²) in [4.78, 5) is 2.62. The number of rotatable bonds is 9. The van der Waals surface area contributed by atoms with Gasteiger partial charge >= 0.3 is 0 Å². The second-order valence-electron chi connectivity index (χ2n) is 5.45. The van der Waals surface area contributed by atoms with Crippen LogP contribution < -0.4 is 5.32 Å². The van der Waals surface area contributed by atoms with Crippen molar-refractivity contribution >= 4 is 0 Å². The lowest BCUT2D eigenvalue weighted by Gasteiger charge is -2.33. The normalized spacial score (nSPS) is 14.1. The van der Waals surface area contributed by atoms with Crippen LogP contribution in [0, 0.1) is 0 Å². The largest absolute Gasteiger partial charge is 0.313 e. The molecule has 0 aliphatic carbocycles. The zero-order valence-corrected chi connectivity index (χ0v) is 12.2. The van der Waals surface area contributed by atoms with E-state index in [2.05, 4.69) is 51.8 Å². The molecular formula is C14H32N2. The predicted molar refractivity (Wildman–Crippen MR) is 74.0 cm³/mol. The number of hydrogen-bond donors (Lipinski definition) is 1. The summed E-state index contributed by atoms with van der Waals surface area (Å²) in [6, 6.07) is 1.88. The van der Waals surface area contributed by atoms with E-state index in [4.69, 9.17) is 0 Å². The van der Waals surface area contributed by atoms with E-state index in [0.717, 1.165) is 6.54 Å². The molecule has 0 heterocycles. The topological polar surface area (TPSA) is 15.3 Å². The Bertz CT molecular complexity index is 155. The molecule has 0 aliphatic heterocycles. The van der Waals surface area contributed by atoms with E-state index < -0.39 is 0 Å². The summed E-state index contributed by atoms with van der Waals surface area (Å²) >= 11 is 0. The van der Waals surface area contributed by atoms with Crippen LogP contribution in [-0.2, 0) is 0 Å². The van der Waals surface area contributed by atoms with Crippen LogP contribution in [-0.4, -0.2) is 36.1 Å². The lowest BCUT2D eigenvalue weighted by atomic mass is 10.1. The Labute approximate surface area is 103 Å². The maximum atomic E-state index is 3.53. The van der Waals surface area contributed by atoms with Crippen molar-refractivity contribution in [1.82, 2.24) is 10.2 Å². The lowest BCUT2D eigenvalue weighted by molar-refractivity contribution is 0.156. The van der Waals surface area contributed by atoms with Gasteiger partial charge < -0.3 is 5.32 Å². The van der Waals surface area contributed by atoms with Crippen molar-refractivity contribution in [2.75, 3.05) is 13.1 Å². The highest BCUT2D eigenvalue weighted by Crippen LogP contribution is 2.08. The molecule has 0 spiro atoms. The number of unbranched alkanes of at least 4 members (excludes halogenated alkanes) is 2. The Morgan fingerprint density at radius 1 is 1.00 bits per heavy atom.